The molecular formula is C27H26BrNO4. The van der Waals surface area contributed by atoms with E-state index in [-0.39, 0.29) is 23.5 Å². The third kappa shape index (κ3) is 3.85. The lowest BCUT2D eigenvalue weighted by atomic mass is 9.63. The number of carbonyl (C=O) groups is 2. The van der Waals surface area contributed by atoms with Gasteiger partial charge in [-0.05, 0) is 72.4 Å². The van der Waals surface area contributed by atoms with Crippen molar-refractivity contribution in [3.05, 3.63) is 87.4 Å². The van der Waals surface area contributed by atoms with Crippen LogP contribution in [0.5, 0.6) is 5.75 Å². The predicted molar refractivity (Wildman–Crippen MR) is 129 cm³/mol. The second kappa shape index (κ2) is 8.58. The van der Waals surface area contributed by atoms with Gasteiger partial charge < -0.3 is 14.8 Å². The van der Waals surface area contributed by atoms with E-state index in [1.54, 1.807) is 25.3 Å². The number of ketones is 1. The number of fused-ring (bicyclic) bond motifs is 2. The van der Waals surface area contributed by atoms with Crippen molar-refractivity contribution in [2.75, 3.05) is 7.11 Å². The molecule has 0 fully saturated rings. The molecule has 1 N–H and O–H groups in total. The second-order valence-electron chi connectivity index (χ2n) is 8.90. The molecule has 2 aromatic rings. The first-order valence-electron chi connectivity index (χ1n) is 11.3. The van der Waals surface area contributed by atoms with Crippen LogP contribution in [0, 0.1) is 11.8 Å². The van der Waals surface area contributed by atoms with Crippen LogP contribution in [0.4, 0.5) is 0 Å². The fourth-order valence-electron chi connectivity index (χ4n) is 5.29. The molecule has 0 spiro atoms. The van der Waals surface area contributed by atoms with Gasteiger partial charge >= 0.3 is 0 Å². The highest BCUT2D eigenvalue weighted by Gasteiger charge is 2.55. The van der Waals surface area contributed by atoms with Crippen molar-refractivity contribution in [1.82, 2.24) is 5.32 Å². The van der Waals surface area contributed by atoms with Crippen LogP contribution in [0.15, 0.2) is 70.7 Å². The van der Waals surface area contributed by atoms with E-state index >= 15 is 0 Å². The van der Waals surface area contributed by atoms with Crippen molar-refractivity contribution in [2.45, 2.75) is 38.0 Å². The lowest BCUT2D eigenvalue weighted by molar-refractivity contribution is -0.175. The minimum atomic E-state index is -0.999. The lowest BCUT2D eigenvalue weighted by Crippen LogP contribution is -2.54. The molecule has 6 heteroatoms. The molecule has 170 valence electrons. The summed E-state index contributed by atoms with van der Waals surface area (Å²) in [6.45, 7) is 2.59. The summed E-state index contributed by atoms with van der Waals surface area (Å²) in [5.41, 5.74) is 3.34. The normalized spacial score (nSPS) is 27.2. The number of carbonyl (C=O) groups excluding carboxylic acids is 2. The summed E-state index contributed by atoms with van der Waals surface area (Å²) in [7, 11) is 1.62. The van der Waals surface area contributed by atoms with Crippen LogP contribution < -0.4 is 10.1 Å². The molecule has 2 aromatic carbocycles. The van der Waals surface area contributed by atoms with Gasteiger partial charge in [0.15, 0.2) is 5.78 Å². The maximum absolute atomic E-state index is 13.0. The lowest BCUT2D eigenvalue weighted by Gasteiger charge is -2.50. The topological polar surface area (TPSA) is 64.6 Å². The Morgan fingerprint density at radius 1 is 1.24 bits per heavy atom. The fourth-order valence-corrected chi connectivity index (χ4v) is 5.55. The number of nitrogens with one attached hydrogen (secondary N) is 1. The van der Waals surface area contributed by atoms with Gasteiger partial charge in [0.25, 0.3) is 5.91 Å². The highest BCUT2D eigenvalue weighted by molar-refractivity contribution is 9.10. The number of halogens is 1. The van der Waals surface area contributed by atoms with Gasteiger partial charge in [0.05, 0.1) is 5.92 Å². The Bertz CT molecular complexity index is 1170. The third-order valence-electron chi connectivity index (χ3n) is 7.05. The van der Waals surface area contributed by atoms with E-state index in [9.17, 15) is 9.59 Å². The number of benzene rings is 2. The summed E-state index contributed by atoms with van der Waals surface area (Å²) in [6.07, 6.45) is 7.25. The molecule has 0 bridgehead atoms. The molecule has 1 aliphatic heterocycles. The zero-order valence-corrected chi connectivity index (χ0v) is 20.2. The van der Waals surface area contributed by atoms with E-state index in [2.05, 4.69) is 34.2 Å². The number of amides is 1. The molecular weight excluding hydrogens is 482 g/mol. The van der Waals surface area contributed by atoms with E-state index in [0.29, 0.717) is 23.8 Å². The van der Waals surface area contributed by atoms with E-state index < -0.39 is 5.79 Å². The van der Waals surface area contributed by atoms with Gasteiger partial charge in [0.2, 0.25) is 5.79 Å². The molecule has 1 amide bonds. The minimum absolute atomic E-state index is 0.0197. The molecule has 5 rings (SSSR count). The Labute approximate surface area is 202 Å². The van der Waals surface area contributed by atoms with Crippen LogP contribution in [0.1, 0.15) is 47.2 Å². The van der Waals surface area contributed by atoms with Crippen molar-refractivity contribution in [3.63, 3.8) is 0 Å². The highest BCUT2D eigenvalue weighted by atomic mass is 79.9. The standard InChI is InChI=1S/C27H26BrNO4/c1-3-16-12-21-20-14-18(26(31)29-15-17-4-7-19(28)8-5-17)6-9-24(20)33-27(32-2)11-10-23(30)22(13-16)25(21)27/h4-11,13-14,16,21,25H,3,12,15H2,1-2H3,(H,29,31)/t16?,21?,25-,27+/m0/s1. The molecule has 0 saturated heterocycles. The molecule has 2 unspecified atom stereocenters. The molecule has 0 radical (unpaired) electrons. The smallest absolute Gasteiger partial charge is 0.251 e. The molecule has 2 aliphatic carbocycles. The van der Waals surface area contributed by atoms with Gasteiger partial charge in [-0.1, -0.05) is 41.1 Å². The predicted octanol–water partition coefficient (Wildman–Crippen LogP) is 5.31. The second-order valence-corrected chi connectivity index (χ2v) is 9.81. The van der Waals surface area contributed by atoms with Crippen LogP contribution in [0.25, 0.3) is 0 Å². The quantitative estimate of drug-likeness (QED) is 0.595. The van der Waals surface area contributed by atoms with Crippen LogP contribution in [0.2, 0.25) is 0 Å². The minimum Gasteiger partial charge on any atom is -0.458 e. The largest absolute Gasteiger partial charge is 0.458 e. The van der Waals surface area contributed by atoms with Gasteiger partial charge in [-0.25, -0.2) is 0 Å². The Hall–Kier alpha value is -2.70. The number of ether oxygens (including phenoxy) is 2. The maximum Gasteiger partial charge on any atom is 0.251 e. The van der Waals surface area contributed by atoms with E-state index in [4.69, 9.17) is 9.47 Å². The number of rotatable bonds is 5. The van der Waals surface area contributed by atoms with Gasteiger partial charge in [-0.15, -0.1) is 0 Å². The van der Waals surface area contributed by atoms with E-state index in [0.717, 1.165) is 34.0 Å². The van der Waals surface area contributed by atoms with Crippen molar-refractivity contribution < 1.29 is 19.1 Å². The summed E-state index contributed by atoms with van der Waals surface area (Å²) in [5.74, 6) is -0.303. The average Bonchev–Trinajstić information content (AvgIpc) is 2.85. The zero-order valence-electron chi connectivity index (χ0n) is 18.6. The summed E-state index contributed by atoms with van der Waals surface area (Å²) < 4.78 is 13.2. The Morgan fingerprint density at radius 2 is 2.03 bits per heavy atom. The first-order valence-corrected chi connectivity index (χ1v) is 12.1. The molecule has 3 aliphatic rings. The van der Waals surface area contributed by atoms with E-state index in [1.807, 2.05) is 36.4 Å². The van der Waals surface area contributed by atoms with Gasteiger partial charge in [0, 0.05) is 35.2 Å². The SMILES string of the molecule is CCC1C=C2C(=O)C=C[C@@]3(OC)Oc4ccc(C(=O)NCc5ccc(Br)cc5)cc4C(C1)[C@@H]23. The van der Waals surface area contributed by atoms with E-state index in [1.165, 1.54) is 0 Å². The van der Waals surface area contributed by atoms with Crippen LogP contribution >= 0.6 is 15.9 Å². The molecule has 33 heavy (non-hydrogen) atoms. The van der Waals surface area contributed by atoms with Gasteiger partial charge in [0.1, 0.15) is 5.75 Å². The molecule has 1 heterocycles. The summed E-state index contributed by atoms with van der Waals surface area (Å²) in [5, 5.41) is 3.00. The Morgan fingerprint density at radius 3 is 2.76 bits per heavy atom. The number of methoxy groups -OCH3 is 1. The van der Waals surface area contributed by atoms with Gasteiger partial charge in [-0.3, -0.25) is 9.59 Å². The number of allylic oxidation sites excluding steroid dienone is 2. The van der Waals surface area contributed by atoms with Gasteiger partial charge in [-0.2, -0.15) is 0 Å². The van der Waals surface area contributed by atoms with Crippen LogP contribution in [-0.2, 0) is 16.1 Å². The van der Waals surface area contributed by atoms with Crippen molar-refractivity contribution in [2.24, 2.45) is 11.8 Å². The summed E-state index contributed by atoms with van der Waals surface area (Å²) >= 11 is 3.43. The molecule has 5 nitrogen and oxygen atoms in total. The first-order chi connectivity index (χ1) is 15.9. The molecule has 0 aromatic heterocycles. The monoisotopic (exact) mass is 507 g/mol. The Kier molecular flexibility index (Phi) is 5.75. The Balaban J connectivity index is 1.47. The summed E-state index contributed by atoms with van der Waals surface area (Å²) in [6, 6.07) is 13.4. The fraction of sp³-hybridized carbons (Fsp3) is 0.333. The van der Waals surface area contributed by atoms with Crippen LogP contribution in [0.3, 0.4) is 0 Å². The average molecular weight is 508 g/mol. The van der Waals surface area contributed by atoms with Crippen LogP contribution in [-0.4, -0.2) is 24.6 Å². The summed E-state index contributed by atoms with van der Waals surface area (Å²) in [4.78, 5) is 25.7. The van der Waals surface area contributed by atoms with Crippen molar-refractivity contribution >= 4 is 27.6 Å². The molecule has 4 atom stereocenters. The number of hydrogen-bond donors (Lipinski definition) is 1. The zero-order chi connectivity index (χ0) is 23.2. The highest BCUT2D eigenvalue weighted by Crippen LogP contribution is 2.55. The first kappa shape index (κ1) is 22.1. The van der Waals surface area contributed by atoms with Crippen molar-refractivity contribution in [3.8, 4) is 5.75 Å². The van der Waals surface area contributed by atoms with Crippen molar-refractivity contribution in [1.29, 1.82) is 0 Å². The molecule has 0 saturated carbocycles. The maximum atomic E-state index is 13.0. The third-order valence-corrected chi connectivity index (χ3v) is 7.57. The number of hydrogen-bond acceptors (Lipinski definition) is 4.